The summed E-state index contributed by atoms with van der Waals surface area (Å²) in [6.07, 6.45) is 0. The third-order valence-electron chi connectivity index (χ3n) is 3.74. The number of carbonyl (C=O) groups is 1. The number of benzene rings is 2. The zero-order valence-corrected chi connectivity index (χ0v) is 16.4. The zero-order valence-electron chi connectivity index (χ0n) is 14.7. The Morgan fingerprint density at radius 2 is 1.88 bits per heavy atom. The van der Waals surface area contributed by atoms with Crippen LogP contribution in [-0.2, 0) is 0 Å². The van der Waals surface area contributed by atoms with Gasteiger partial charge in [0.1, 0.15) is 5.75 Å². The lowest BCUT2D eigenvalue weighted by Gasteiger charge is -2.08. The minimum atomic E-state index is -0.232. The maximum Gasteiger partial charge on any atom is 0.210 e. The molecule has 0 spiro atoms. The number of hydrogen-bond donors (Lipinski definition) is 1. The third kappa shape index (κ3) is 4.42. The molecule has 5 nitrogen and oxygen atoms in total. The minimum absolute atomic E-state index is 0.0874. The van der Waals surface area contributed by atoms with Crippen molar-refractivity contribution in [2.24, 2.45) is 0 Å². The van der Waals surface area contributed by atoms with E-state index < -0.39 is 0 Å². The van der Waals surface area contributed by atoms with E-state index >= 15 is 0 Å². The fourth-order valence-corrected chi connectivity index (χ4v) is 4.31. The Morgan fingerprint density at radius 1 is 1.15 bits per heavy atom. The van der Waals surface area contributed by atoms with Crippen molar-refractivity contribution in [2.75, 3.05) is 12.4 Å². The summed E-state index contributed by atoms with van der Waals surface area (Å²) in [7, 11) is 1.63. The predicted molar refractivity (Wildman–Crippen MR) is 107 cm³/mol. The standard InChI is InChI=1S/C19H19N3O2S2/c1-12-8-10-14(11-9-12)17(23)13(2)25-19-22-21-18(26-19)20-15-6-4-5-7-16(15)24-3/h4-11,13H,1-3H3,(H,20,21)/t13-/m0/s1. The first-order valence-electron chi connectivity index (χ1n) is 8.08. The molecule has 0 saturated heterocycles. The van der Waals surface area contributed by atoms with Crippen LogP contribution in [-0.4, -0.2) is 28.3 Å². The Kier molecular flexibility index (Phi) is 5.90. The molecule has 26 heavy (non-hydrogen) atoms. The van der Waals surface area contributed by atoms with Gasteiger partial charge in [0.25, 0.3) is 0 Å². The number of methoxy groups -OCH3 is 1. The van der Waals surface area contributed by atoms with E-state index in [0.29, 0.717) is 10.7 Å². The number of hydrogen-bond acceptors (Lipinski definition) is 7. The highest BCUT2D eigenvalue weighted by Gasteiger charge is 2.19. The van der Waals surface area contributed by atoms with Crippen LogP contribution in [0.4, 0.5) is 10.8 Å². The Morgan fingerprint density at radius 3 is 2.62 bits per heavy atom. The van der Waals surface area contributed by atoms with Crippen LogP contribution in [0.3, 0.4) is 0 Å². The summed E-state index contributed by atoms with van der Waals surface area (Å²) < 4.78 is 6.07. The molecule has 0 radical (unpaired) electrons. The van der Waals surface area contributed by atoms with Crippen LogP contribution in [0.5, 0.6) is 5.75 Å². The molecule has 3 rings (SSSR count). The molecule has 7 heteroatoms. The number of aryl methyl sites for hydroxylation is 1. The van der Waals surface area contributed by atoms with E-state index in [9.17, 15) is 4.79 Å². The van der Waals surface area contributed by atoms with Gasteiger partial charge in [0.15, 0.2) is 10.1 Å². The Hall–Kier alpha value is -2.38. The van der Waals surface area contributed by atoms with Crippen LogP contribution in [0.1, 0.15) is 22.8 Å². The number of anilines is 2. The van der Waals surface area contributed by atoms with E-state index in [2.05, 4.69) is 15.5 Å². The molecule has 0 aliphatic rings. The van der Waals surface area contributed by atoms with Crippen LogP contribution in [0.25, 0.3) is 0 Å². The summed E-state index contributed by atoms with van der Waals surface area (Å²) in [5, 5.41) is 12.0. The summed E-state index contributed by atoms with van der Waals surface area (Å²) in [6.45, 7) is 3.89. The lowest BCUT2D eigenvalue weighted by Crippen LogP contribution is -2.13. The molecule has 1 N–H and O–H groups in total. The van der Waals surface area contributed by atoms with E-state index in [1.807, 2.05) is 62.4 Å². The topological polar surface area (TPSA) is 64.1 Å². The summed E-state index contributed by atoms with van der Waals surface area (Å²) >= 11 is 2.83. The maximum absolute atomic E-state index is 12.5. The molecular formula is C19H19N3O2S2. The van der Waals surface area contributed by atoms with Crippen LogP contribution in [0.2, 0.25) is 0 Å². The van der Waals surface area contributed by atoms with Gasteiger partial charge < -0.3 is 10.1 Å². The van der Waals surface area contributed by atoms with Crippen molar-refractivity contribution in [1.82, 2.24) is 10.2 Å². The Balaban J connectivity index is 1.66. The van der Waals surface area contributed by atoms with Crippen molar-refractivity contribution in [1.29, 1.82) is 0 Å². The van der Waals surface area contributed by atoms with Gasteiger partial charge in [-0.2, -0.15) is 0 Å². The molecule has 134 valence electrons. The molecule has 0 bridgehead atoms. The highest BCUT2D eigenvalue weighted by molar-refractivity contribution is 8.02. The van der Waals surface area contributed by atoms with Crippen LogP contribution >= 0.6 is 23.1 Å². The Bertz CT molecular complexity index is 894. The van der Waals surface area contributed by atoms with E-state index in [0.717, 1.165) is 21.3 Å². The van der Waals surface area contributed by atoms with Crippen LogP contribution in [0.15, 0.2) is 52.9 Å². The lowest BCUT2D eigenvalue weighted by atomic mass is 10.1. The summed E-state index contributed by atoms with van der Waals surface area (Å²) in [5.74, 6) is 0.823. The second kappa shape index (κ2) is 8.33. The number of ketones is 1. The van der Waals surface area contributed by atoms with Gasteiger partial charge in [0.2, 0.25) is 5.13 Å². The molecular weight excluding hydrogens is 366 g/mol. The van der Waals surface area contributed by atoms with Crippen molar-refractivity contribution < 1.29 is 9.53 Å². The van der Waals surface area contributed by atoms with Gasteiger partial charge in [0.05, 0.1) is 18.0 Å². The number of para-hydroxylation sites is 2. The third-order valence-corrected chi connectivity index (χ3v) is 5.76. The number of nitrogens with one attached hydrogen (secondary N) is 1. The quantitative estimate of drug-likeness (QED) is 0.458. The van der Waals surface area contributed by atoms with Crippen molar-refractivity contribution in [3.8, 4) is 5.75 Å². The van der Waals surface area contributed by atoms with Crippen LogP contribution < -0.4 is 10.1 Å². The highest BCUT2D eigenvalue weighted by Crippen LogP contribution is 2.33. The van der Waals surface area contributed by atoms with E-state index in [-0.39, 0.29) is 11.0 Å². The number of aromatic nitrogens is 2. The molecule has 2 aromatic carbocycles. The van der Waals surface area contributed by atoms with Gasteiger partial charge in [0, 0.05) is 5.56 Å². The molecule has 0 aliphatic carbocycles. The first kappa shape index (κ1) is 18.4. The van der Waals surface area contributed by atoms with Gasteiger partial charge in [-0.15, -0.1) is 10.2 Å². The monoisotopic (exact) mass is 385 g/mol. The average Bonchev–Trinajstić information content (AvgIpc) is 3.09. The summed E-state index contributed by atoms with van der Waals surface area (Å²) in [6, 6.07) is 15.2. The minimum Gasteiger partial charge on any atom is -0.495 e. The fraction of sp³-hybridized carbons (Fsp3) is 0.211. The van der Waals surface area contributed by atoms with Crippen molar-refractivity contribution in [3.05, 3.63) is 59.7 Å². The fourth-order valence-electron chi connectivity index (χ4n) is 2.33. The van der Waals surface area contributed by atoms with Gasteiger partial charge in [-0.3, -0.25) is 4.79 Å². The first-order valence-corrected chi connectivity index (χ1v) is 9.77. The van der Waals surface area contributed by atoms with Gasteiger partial charge in [-0.05, 0) is 26.0 Å². The smallest absolute Gasteiger partial charge is 0.210 e. The van der Waals surface area contributed by atoms with E-state index in [1.165, 1.54) is 23.1 Å². The molecule has 1 heterocycles. The summed E-state index contributed by atoms with van der Waals surface area (Å²) in [5.41, 5.74) is 2.68. The largest absolute Gasteiger partial charge is 0.495 e. The predicted octanol–water partition coefficient (Wildman–Crippen LogP) is 4.96. The molecule has 3 aromatic rings. The average molecular weight is 386 g/mol. The number of nitrogens with zero attached hydrogens (tertiary/aromatic N) is 2. The number of ether oxygens (including phenoxy) is 1. The van der Waals surface area contributed by atoms with Gasteiger partial charge in [-0.25, -0.2) is 0 Å². The number of rotatable bonds is 7. The highest BCUT2D eigenvalue weighted by atomic mass is 32.2. The van der Waals surface area contributed by atoms with Crippen molar-refractivity contribution >= 4 is 39.7 Å². The molecule has 0 amide bonds. The molecule has 0 aliphatic heterocycles. The van der Waals surface area contributed by atoms with Crippen LogP contribution in [0, 0.1) is 6.92 Å². The van der Waals surface area contributed by atoms with Gasteiger partial charge >= 0.3 is 0 Å². The molecule has 1 atom stereocenters. The molecule has 0 fully saturated rings. The SMILES string of the molecule is COc1ccccc1Nc1nnc(S[C@@H](C)C(=O)c2ccc(C)cc2)s1. The normalized spacial score (nSPS) is 11.8. The van der Waals surface area contributed by atoms with E-state index in [4.69, 9.17) is 4.74 Å². The van der Waals surface area contributed by atoms with Crippen molar-refractivity contribution in [3.63, 3.8) is 0 Å². The number of thioether (sulfide) groups is 1. The first-order chi connectivity index (χ1) is 12.6. The second-order valence-electron chi connectivity index (χ2n) is 5.69. The number of carbonyl (C=O) groups excluding carboxylic acids is 1. The Labute approximate surface area is 160 Å². The molecule has 0 saturated carbocycles. The van der Waals surface area contributed by atoms with Gasteiger partial charge in [-0.1, -0.05) is 65.1 Å². The second-order valence-corrected chi connectivity index (χ2v) is 8.25. The summed E-state index contributed by atoms with van der Waals surface area (Å²) in [4.78, 5) is 12.5. The molecule has 0 unspecified atom stereocenters. The molecule has 1 aromatic heterocycles. The number of Topliss-reactive ketones (excluding diaryl/α,β-unsaturated/α-hetero) is 1. The zero-order chi connectivity index (χ0) is 18.5. The maximum atomic E-state index is 12.5. The van der Waals surface area contributed by atoms with E-state index in [1.54, 1.807) is 7.11 Å². The lowest BCUT2D eigenvalue weighted by molar-refractivity contribution is 0.0994. The van der Waals surface area contributed by atoms with Crippen molar-refractivity contribution in [2.45, 2.75) is 23.4 Å².